The summed E-state index contributed by atoms with van der Waals surface area (Å²) in [4.78, 5) is 27.8. The zero-order chi connectivity index (χ0) is 29.8. The topological polar surface area (TPSA) is 91.3 Å². The van der Waals surface area contributed by atoms with E-state index in [4.69, 9.17) is 24.1 Å². The fraction of sp³-hybridized carbons (Fsp3) is 0.308. The number of Topliss-reactive ketones (excluding diaryl/α,β-unsaturated/α-hetero) is 2. The van der Waals surface area contributed by atoms with E-state index in [9.17, 15) is 9.59 Å². The third-order valence-corrected chi connectivity index (χ3v) is 13.8. The molecule has 2 fully saturated rings. The maximum Gasteiger partial charge on any atom is 0.257 e. The van der Waals surface area contributed by atoms with Gasteiger partial charge in [-0.1, -0.05) is 15.9 Å². The summed E-state index contributed by atoms with van der Waals surface area (Å²) in [5, 5.41) is 8.52. The molecule has 2 aliphatic heterocycles. The maximum atomic E-state index is 11.8. The second-order valence-corrected chi connectivity index (χ2v) is 19.4. The highest BCUT2D eigenvalue weighted by atomic mass is 79.9. The van der Waals surface area contributed by atoms with Crippen LogP contribution in [0.3, 0.4) is 0 Å². The first-order valence-electron chi connectivity index (χ1n) is 12.2. The van der Waals surface area contributed by atoms with Crippen molar-refractivity contribution < 1.29 is 33.6 Å². The van der Waals surface area contributed by atoms with E-state index in [2.05, 4.69) is 91.8 Å². The van der Waals surface area contributed by atoms with Crippen LogP contribution in [-0.2, 0) is 30.5 Å². The molecule has 0 amide bonds. The van der Waals surface area contributed by atoms with Crippen LogP contribution >= 0.6 is 125 Å². The summed E-state index contributed by atoms with van der Waals surface area (Å²) in [6.07, 6.45) is 0. The summed E-state index contributed by atoms with van der Waals surface area (Å²) < 4.78 is 28.3. The number of rotatable bonds is 1. The van der Waals surface area contributed by atoms with Crippen molar-refractivity contribution in [3.8, 4) is 19.5 Å². The minimum absolute atomic E-state index is 0.236. The van der Waals surface area contributed by atoms with E-state index < -0.39 is 23.1 Å². The lowest BCUT2D eigenvalue weighted by Gasteiger charge is -2.44. The first-order valence-corrected chi connectivity index (χ1v) is 19.7. The average Bonchev–Trinajstić information content (AvgIpc) is 3.79. The molecule has 0 aromatic carbocycles. The Morgan fingerprint density at radius 2 is 0.929 bits per heavy atom. The Kier molecular flexibility index (Phi) is 9.88. The zero-order valence-electron chi connectivity index (χ0n) is 21.0. The van der Waals surface area contributed by atoms with E-state index in [-0.39, 0.29) is 6.61 Å². The number of hydrogen-bond acceptors (Lipinski definition) is 11. The van der Waals surface area contributed by atoms with Gasteiger partial charge in [0.1, 0.15) is 0 Å². The second kappa shape index (κ2) is 12.9. The van der Waals surface area contributed by atoms with E-state index in [1.54, 1.807) is 34.8 Å². The van der Waals surface area contributed by atoms with Crippen LogP contribution in [-0.4, -0.2) is 55.0 Å². The number of fused-ring (bicyclic) bond motifs is 9. The summed E-state index contributed by atoms with van der Waals surface area (Å²) >= 11 is 23.2. The Morgan fingerprint density at radius 3 is 1.26 bits per heavy atom. The normalized spacial score (nSPS) is 18.6. The van der Waals surface area contributed by atoms with Crippen molar-refractivity contribution in [3.05, 3.63) is 61.7 Å². The number of ether oxygens (including phenoxy) is 4. The van der Waals surface area contributed by atoms with E-state index >= 15 is 0 Å². The van der Waals surface area contributed by atoms with Crippen LogP contribution in [0, 0.1) is 0 Å². The lowest BCUT2D eigenvalue weighted by atomic mass is 9.85. The summed E-state index contributed by atoms with van der Waals surface area (Å²) in [5.74, 6) is -2.85. The van der Waals surface area contributed by atoms with Crippen molar-refractivity contribution in [2.45, 2.75) is 11.6 Å². The predicted molar refractivity (Wildman–Crippen MR) is 183 cm³/mol. The van der Waals surface area contributed by atoms with Gasteiger partial charge >= 0.3 is 0 Å². The van der Waals surface area contributed by atoms with Gasteiger partial charge in [0.15, 0.2) is 0 Å². The van der Waals surface area contributed by atoms with Crippen molar-refractivity contribution in [1.29, 1.82) is 0 Å². The minimum Gasteiger partial charge on any atom is -0.396 e. The largest absolute Gasteiger partial charge is 0.396 e. The quantitative estimate of drug-likeness (QED) is 0.150. The average molecular weight is 969 g/mol. The Labute approximate surface area is 298 Å². The van der Waals surface area contributed by atoms with Crippen molar-refractivity contribution in [3.63, 3.8) is 0 Å². The van der Waals surface area contributed by atoms with Crippen LogP contribution in [0.4, 0.5) is 0 Å². The fourth-order valence-corrected chi connectivity index (χ4v) is 11.8. The predicted octanol–water partition coefficient (Wildman–Crippen LogP) is 9.17. The number of alkyl halides is 1. The maximum absolute atomic E-state index is 11.8. The molecular weight excluding hydrogens is 952 g/mol. The van der Waals surface area contributed by atoms with Gasteiger partial charge in [0.2, 0.25) is 11.6 Å². The number of carbonyl (C=O) groups excluding carboxylic acids is 2. The van der Waals surface area contributed by atoms with Gasteiger partial charge in [0.25, 0.3) is 11.6 Å². The number of aliphatic hydroxyl groups is 1. The molecule has 42 heavy (non-hydrogen) atoms. The summed E-state index contributed by atoms with van der Waals surface area (Å²) in [6, 6.07) is 7.57. The Balaban J connectivity index is 0.000000139. The Bertz CT molecular complexity index is 1550. The number of carbonyl (C=O) groups is 2. The van der Waals surface area contributed by atoms with Crippen LogP contribution in [0.5, 0.6) is 0 Å². The third kappa shape index (κ3) is 5.32. The highest BCUT2D eigenvalue weighted by Crippen LogP contribution is 2.63. The van der Waals surface area contributed by atoms with E-state index in [1.807, 2.05) is 0 Å². The summed E-state index contributed by atoms with van der Waals surface area (Å²) in [7, 11) is 0. The molecule has 16 heteroatoms. The lowest BCUT2D eigenvalue weighted by molar-refractivity contribution is -0.365. The van der Waals surface area contributed by atoms with Crippen LogP contribution in [0.2, 0.25) is 0 Å². The van der Waals surface area contributed by atoms with Crippen LogP contribution in [0.15, 0.2) is 39.4 Å². The first-order chi connectivity index (χ1) is 20.2. The molecule has 4 aromatic rings. The molecule has 1 N–H and O–H groups in total. The van der Waals surface area contributed by atoms with Gasteiger partial charge in [0, 0.05) is 27.6 Å². The lowest BCUT2D eigenvalue weighted by Crippen LogP contribution is -2.53. The van der Waals surface area contributed by atoms with Crippen molar-refractivity contribution in [1.82, 2.24) is 0 Å². The molecule has 4 aliphatic rings. The SMILES string of the molecule is Brc1cc2c(s1)-c1sc(Br)cc1C1(OCCO1)C21OCCO1.O=C1C(=O)c2cc(Br)sc2-c2sc(Br)cc21.OCCBr. The number of halogens is 5. The highest BCUT2D eigenvalue weighted by molar-refractivity contribution is 9.11. The smallest absolute Gasteiger partial charge is 0.257 e. The van der Waals surface area contributed by atoms with Crippen LogP contribution in [0.1, 0.15) is 31.8 Å². The van der Waals surface area contributed by atoms with Crippen molar-refractivity contribution in [2.24, 2.45) is 0 Å². The number of ketones is 2. The second-order valence-electron chi connectivity index (χ2n) is 8.87. The molecule has 4 aromatic heterocycles. The minimum atomic E-state index is -1.02. The van der Waals surface area contributed by atoms with E-state index in [0.29, 0.717) is 42.9 Å². The molecule has 7 nitrogen and oxygen atoms in total. The van der Waals surface area contributed by atoms with Gasteiger partial charge in [-0.15, -0.1) is 45.3 Å². The molecule has 0 saturated carbocycles. The Morgan fingerprint density at radius 1 is 0.619 bits per heavy atom. The summed E-state index contributed by atoms with van der Waals surface area (Å²) in [5.41, 5.74) is 3.02. The highest BCUT2D eigenvalue weighted by Gasteiger charge is 2.67. The molecule has 0 bridgehead atoms. The van der Waals surface area contributed by atoms with E-state index in [1.165, 1.54) is 22.7 Å². The fourth-order valence-electron chi connectivity index (χ4n) is 5.06. The number of aliphatic hydroxyl groups excluding tert-OH is 1. The number of hydrogen-bond donors (Lipinski definition) is 1. The molecule has 0 unspecified atom stereocenters. The van der Waals surface area contributed by atoms with Crippen LogP contribution in [0.25, 0.3) is 19.5 Å². The molecule has 6 heterocycles. The molecule has 8 rings (SSSR count). The van der Waals surface area contributed by atoms with Gasteiger partial charge in [-0.3, -0.25) is 9.59 Å². The van der Waals surface area contributed by atoms with Gasteiger partial charge in [-0.25, -0.2) is 0 Å². The Hall–Kier alpha value is 0.340. The monoisotopic (exact) mass is 964 g/mol. The molecule has 0 radical (unpaired) electrons. The molecular formula is C26H17Br5O7S4. The zero-order valence-corrected chi connectivity index (χ0v) is 32.2. The third-order valence-electron chi connectivity index (χ3n) is 6.53. The molecule has 2 spiro atoms. The first kappa shape index (κ1) is 32.3. The van der Waals surface area contributed by atoms with E-state index in [0.717, 1.165) is 45.8 Å². The van der Waals surface area contributed by atoms with Gasteiger partial charge in [-0.2, -0.15) is 0 Å². The van der Waals surface area contributed by atoms with Crippen molar-refractivity contribution >= 4 is 137 Å². The summed E-state index contributed by atoms with van der Waals surface area (Å²) in [6.45, 7) is 2.36. The number of thiophene rings is 4. The molecule has 222 valence electrons. The van der Waals surface area contributed by atoms with Crippen LogP contribution < -0.4 is 0 Å². The van der Waals surface area contributed by atoms with Gasteiger partial charge in [-0.05, 0) is 88.0 Å². The van der Waals surface area contributed by atoms with Gasteiger partial charge < -0.3 is 24.1 Å². The standard InChI is InChI=1S/C14H10Br2O4S2.C10H2Br2O2S2.C2H5BrO/c15-9-5-7-11(21-9)12-8(6-10(16)22-12)14(19-3-4-20-14)13(7)17-1-2-18-13;11-5-1-3-7(13)8(14)4-2-6(12)16-10(4)9(3)15-5;3-1-2-4/h5-6H,1-4H2;1-2H;4H,1-2H2. The van der Waals surface area contributed by atoms with Gasteiger partial charge in [0.05, 0.1) is 67.7 Å². The van der Waals surface area contributed by atoms with Crippen molar-refractivity contribution in [2.75, 3.05) is 38.4 Å². The molecule has 2 aliphatic carbocycles. The molecule has 0 atom stereocenters. The molecule has 2 saturated heterocycles.